The molecule has 0 saturated heterocycles. The number of hydrogen-bond acceptors (Lipinski definition) is 4. The van der Waals surface area contributed by atoms with Gasteiger partial charge in [-0.1, -0.05) is 12.1 Å². The Hall–Kier alpha value is -3.29. The van der Waals surface area contributed by atoms with E-state index in [-0.39, 0.29) is 17.3 Å². The van der Waals surface area contributed by atoms with Crippen LogP contribution in [0.4, 0.5) is 14.5 Å². The number of aromatic nitrogens is 1. The lowest BCUT2D eigenvalue weighted by molar-refractivity contribution is -0.124. The second-order valence-electron chi connectivity index (χ2n) is 5.24. The second kappa shape index (κ2) is 6.68. The minimum absolute atomic E-state index is 0.00133. The van der Waals surface area contributed by atoms with Gasteiger partial charge >= 0.3 is 5.91 Å². The molecule has 1 atom stereocenters. The van der Waals surface area contributed by atoms with E-state index in [9.17, 15) is 18.7 Å². The number of nitrogens with one attached hydrogen (secondary N) is 1. The van der Waals surface area contributed by atoms with Gasteiger partial charge in [0.05, 0.1) is 5.52 Å². The van der Waals surface area contributed by atoms with Crippen LogP contribution in [-0.2, 0) is 4.79 Å². The van der Waals surface area contributed by atoms with Crippen molar-refractivity contribution in [3.63, 3.8) is 0 Å². The van der Waals surface area contributed by atoms with Crippen molar-refractivity contribution in [1.29, 1.82) is 0 Å². The number of H-pyrrole nitrogens is 1. The summed E-state index contributed by atoms with van der Waals surface area (Å²) in [5.74, 6) is -2.28. The summed E-state index contributed by atoms with van der Waals surface area (Å²) in [5, 5.41) is 17.4. The van der Waals surface area contributed by atoms with Crippen molar-refractivity contribution in [1.82, 2.24) is 4.98 Å². The van der Waals surface area contributed by atoms with Gasteiger partial charge in [-0.05, 0) is 37.3 Å². The molecule has 0 aliphatic heterocycles. The molecule has 0 aliphatic rings. The van der Waals surface area contributed by atoms with Crippen molar-refractivity contribution in [3.05, 3.63) is 54.1 Å². The van der Waals surface area contributed by atoms with E-state index in [1.165, 1.54) is 43.3 Å². The third-order valence-corrected chi connectivity index (χ3v) is 3.45. The molecule has 1 aromatic heterocycles. The average molecular weight is 345 g/mol. The lowest BCUT2D eigenvalue weighted by Gasteiger charge is -2.10. The highest BCUT2D eigenvalue weighted by Gasteiger charge is 2.17. The third kappa shape index (κ3) is 3.47. The SMILES string of the molecule is C[C@H](Oc1ccccc1F)C(=O)N=Nc1c(O)[nH]c2cc(F)ccc12. The van der Waals surface area contributed by atoms with Crippen LogP contribution < -0.4 is 4.74 Å². The number of azo groups is 1. The highest BCUT2D eigenvalue weighted by molar-refractivity contribution is 5.94. The molecule has 1 heterocycles. The van der Waals surface area contributed by atoms with Crippen molar-refractivity contribution in [2.75, 3.05) is 0 Å². The van der Waals surface area contributed by atoms with E-state index in [2.05, 4.69) is 15.2 Å². The van der Waals surface area contributed by atoms with Crippen molar-refractivity contribution in [3.8, 4) is 11.6 Å². The van der Waals surface area contributed by atoms with E-state index >= 15 is 0 Å². The average Bonchev–Trinajstić information content (AvgIpc) is 2.88. The van der Waals surface area contributed by atoms with E-state index in [4.69, 9.17) is 4.74 Å². The molecular weight excluding hydrogens is 332 g/mol. The van der Waals surface area contributed by atoms with E-state index in [0.29, 0.717) is 10.9 Å². The van der Waals surface area contributed by atoms with Gasteiger partial charge in [-0.3, -0.25) is 4.79 Å². The molecule has 2 aromatic carbocycles. The zero-order valence-electron chi connectivity index (χ0n) is 13.0. The lowest BCUT2D eigenvalue weighted by atomic mass is 10.2. The van der Waals surface area contributed by atoms with Crippen LogP contribution in [0.3, 0.4) is 0 Å². The third-order valence-electron chi connectivity index (χ3n) is 3.45. The zero-order chi connectivity index (χ0) is 18.0. The van der Waals surface area contributed by atoms with Gasteiger partial charge in [0.2, 0.25) is 5.88 Å². The maximum Gasteiger partial charge on any atom is 0.304 e. The van der Waals surface area contributed by atoms with Crippen LogP contribution in [-0.4, -0.2) is 22.1 Å². The van der Waals surface area contributed by atoms with Crippen LogP contribution in [0, 0.1) is 11.6 Å². The van der Waals surface area contributed by atoms with Crippen LogP contribution in [0.15, 0.2) is 52.7 Å². The molecule has 0 radical (unpaired) electrons. The van der Waals surface area contributed by atoms with Gasteiger partial charge in [-0.15, -0.1) is 10.2 Å². The lowest BCUT2D eigenvalue weighted by Crippen LogP contribution is -2.22. The Morgan fingerprint density at radius 3 is 2.76 bits per heavy atom. The number of para-hydroxylation sites is 1. The molecule has 3 rings (SSSR count). The zero-order valence-corrected chi connectivity index (χ0v) is 13.0. The normalized spacial score (nSPS) is 12.6. The number of hydrogen-bond donors (Lipinski definition) is 2. The molecule has 0 bridgehead atoms. The number of nitrogens with zero attached hydrogens (tertiary/aromatic N) is 2. The standard InChI is InChI=1S/C17H13F2N3O3/c1-9(25-14-5-3-2-4-12(14)19)16(23)22-21-15-11-7-6-10(18)8-13(11)20-17(15)24/h2-9,20,24H,1H3/t9-/m0/s1. The Morgan fingerprint density at radius 1 is 1.24 bits per heavy atom. The van der Waals surface area contributed by atoms with Crippen LogP contribution in [0.25, 0.3) is 10.9 Å². The van der Waals surface area contributed by atoms with Crippen LogP contribution in [0.1, 0.15) is 6.92 Å². The second-order valence-corrected chi connectivity index (χ2v) is 5.24. The predicted molar refractivity (Wildman–Crippen MR) is 85.9 cm³/mol. The van der Waals surface area contributed by atoms with E-state index in [1.54, 1.807) is 6.07 Å². The smallest absolute Gasteiger partial charge is 0.304 e. The Balaban J connectivity index is 1.79. The summed E-state index contributed by atoms with van der Waals surface area (Å²) in [7, 11) is 0. The minimum atomic E-state index is -1.08. The van der Waals surface area contributed by atoms with Crippen LogP contribution in [0.2, 0.25) is 0 Å². The summed E-state index contributed by atoms with van der Waals surface area (Å²) < 4.78 is 31.9. The minimum Gasteiger partial charge on any atom is -0.493 e. The summed E-state index contributed by atoms with van der Waals surface area (Å²) in [6.45, 7) is 1.40. The summed E-state index contributed by atoms with van der Waals surface area (Å²) >= 11 is 0. The highest BCUT2D eigenvalue weighted by atomic mass is 19.1. The van der Waals surface area contributed by atoms with Crippen LogP contribution in [0.5, 0.6) is 11.6 Å². The van der Waals surface area contributed by atoms with Gasteiger partial charge in [-0.2, -0.15) is 0 Å². The number of carbonyl (C=O) groups excluding carboxylic acids is 1. The molecule has 0 fully saturated rings. The molecule has 128 valence electrons. The fourth-order valence-corrected chi connectivity index (χ4v) is 2.20. The van der Waals surface area contributed by atoms with Crippen molar-refractivity contribution in [2.24, 2.45) is 10.2 Å². The molecule has 6 nitrogen and oxygen atoms in total. The number of benzene rings is 2. The molecule has 0 aliphatic carbocycles. The van der Waals surface area contributed by atoms with Gasteiger partial charge < -0.3 is 14.8 Å². The van der Waals surface area contributed by atoms with Gasteiger partial charge in [0.25, 0.3) is 0 Å². The number of aromatic amines is 1. The molecule has 25 heavy (non-hydrogen) atoms. The number of halogens is 2. The molecule has 3 aromatic rings. The first-order chi connectivity index (χ1) is 12.0. The van der Waals surface area contributed by atoms with E-state index < -0.39 is 23.6 Å². The Labute approximate surface area is 140 Å². The maximum atomic E-state index is 13.5. The molecule has 8 heteroatoms. The largest absolute Gasteiger partial charge is 0.493 e. The van der Waals surface area contributed by atoms with E-state index in [0.717, 1.165) is 0 Å². The molecular formula is C17H13F2N3O3. The molecule has 0 spiro atoms. The number of aromatic hydroxyl groups is 1. The fourth-order valence-electron chi connectivity index (χ4n) is 2.20. The quantitative estimate of drug-likeness (QED) is 0.694. The topological polar surface area (TPSA) is 87.0 Å². The monoisotopic (exact) mass is 345 g/mol. The predicted octanol–water partition coefficient (Wildman–Crippen LogP) is 4.23. The number of ether oxygens (including phenoxy) is 1. The summed E-state index contributed by atoms with van der Waals surface area (Å²) in [4.78, 5) is 14.5. The number of amides is 1. The fraction of sp³-hybridized carbons (Fsp3) is 0.118. The summed E-state index contributed by atoms with van der Waals surface area (Å²) in [6, 6.07) is 9.43. The summed E-state index contributed by atoms with van der Waals surface area (Å²) in [6.07, 6.45) is -1.08. The van der Waals surface area contributed by atoms with Gasteiger partial charge in [-0.25, -0.2) is 8.78 Å². The molecule has 1 amide bonds. The first kappa shape index (κ1) is 16.6. The van der Waals surface area contributed by atoms with Crippen molar-refractivity contribution in [2.45, 2.75) is 13.0 Å². The number of fused-ring (bicyclic) bond motifs is 1. The van der Waals surface area contributed by atoms with Crippen molar-refractivity contribution >= 4 is 22.5 Å². The Bertz CT molecular complexity index is 969. The highest BCUT2D eigenvalue weighted by Crippen LogP contribution is 2.35. The van der Waals surface area contributed by atoms with Crippen LogP contribution >= 0.6 is 0 Å². The Morgan fingerprint density at radius 2 is 2.00 bits per heavy atom. The molecule has 2 N–H and O–H groups in total. The van der Waals surface area contributed by atoms with Gasteiger partial charge in [0.15, 0.2) is 23.4 Å². The maximum absolute atomic E-state index is 13.5. The van der Waals surface area contributed by atoms with Gasteiger partial charge in [0, 0.05) is 5.39 Å². The summed E-state index contributed by atoms with van der Waals surface area (Å²) in [5.41, 5.74) is 0.316. The van der Waals surface area contributed by atoms with Crippen molar-refractivity contribution < 1.29 is 23.4 Å². The number of rotatable bonds is 4. The first-order valence-electron chi connectivity index (χ1n) is 7.32. The van der Waals surface area contributed by atoms with Gasteiger partial charge in [0.1, 0.15) is 5.82 Å². The Kier molecular flexibility index (Phi) is 4.42. The molecule has 0 saturated carbocycles. The number of carbonyl (C=O) groups is 1. The molecule has 0 unspecified atom stereocenters. The van der Waals surface area contributed by atoms with E-state index in [1.807, 2.05) is 0 Å². The first-order valence-corrected chi connectivity index (χ1v) is 7.32.